The van der Waals surface area contributed by atoms with Crippen molar-refractivity contribution in [3.05, 3.63) is 29.3 Å². The third kappa shape index (κ3) is 7.23. The molecule has 4 rings (SSSR count). The van der Waals surface area contributed by atoms with E-state index in [0.717, 1.165) is 42.6 Å². The highest BCUT2D eigenvalue weighted by Crippen LogP contribution is 2.47. The summed E-state index contributed by atoms with van der Waals surface area (Å²) in [6.45, 7) is 6.39. The Bertz CT molecular complexity index is 698. The Morgan fingerprint density at radius 3 is 2.27 bits per heavy atom. The number of aryl methyl sites for hydroxylation is 1. The van der Waals surface area contributed by atoms with Crippen LogP contribution in [0.3, 0.4) is 0 Å². The molecule has 2 saturated carbocycles. The molecule has 0 radical (unpaired) electrons. The highest BCUT2D eigenvalue weighted by molar-refractivity contribution is 5.37. The van der Waals surface area contributed by atoms with E-state index in [1.54, 1.807) is 11.1 Å². The molecule has 3 aliphatic carbocycles. The van der Waals surface area contributed by atoms with E-state index in [9.17, 15) is 0 Å². The first kappa shape index (κ1) is 25.1. The van der Waals surface area contributed by atoms with Gasteiger partial charge in [0.15, 0.2) is 0 Å². The van der Waals surface area contributed by atoms with Crippen LogP contribution in [0.4, 0.5) is 0 Å². The molecule has 2 heteroatoms. The summed E-state index contributed by atoms with van der Waals surface area (Å²) in [5.74, 6) is 4.87. The molecule has 3 unspecified atom stereocenters. The zero-order chi connectivity index (χ0) is 22.9. The van der Waals surface area contributed by atoms with Gasteiger partial charge in [0.05, 0.1) is 12.7 Å². The monoisotopic (exact) mass is 454 g/mol. The van der Waals surface area contributed by atoms with E-state index in [1.807, 2.05) is 0 Å². The van der Waals surface area contributed by atoms with Gasteiger partial charge >= 0.3 is 0 Å². The van der Waals surface area contributed by atoms with E-state index in [4.69, 9.17) is 9.47 Å². The lowest BCUT2D eigenvalue weighted by Crippen LogP contribution is -2.37. The quantitative estimate of drug-likeness (QED) is 0.295. The Hall–Kier alpha value is -1.02. The molecule has 0 amide bonds. The number of fused-ring (bicyclic) bond motifs is 2. The summed E-state index contributed by atoms with van der Waals surface area (Å²) in [5.41, 5.74) is 3.17. The van der Waals surface area contributed by atoms with E-state index in [-0.39, 0.29) is 0 Å². The predicted octanol–water partition coefficient (Wildman–Crippen LogP) is 8.54. The number of ether oxygens (including phenoxy) is 2. The summed E-state index contributed by atoms with van der Waals surface area (Å²) in [6.07, 6.45) is 22.0. The summed E-state index contributed by atoms with van der Waals surface area (Å²) < 4.78 is 12.3. The third-order valence-electron chi connectivity index (χ3n) is 9.08. The molecule has 0 bridgehead atoms. The Morgan fingerprint density at radius 2 is 1.42 bits per heavy atom. The molecule has 2 fully saturated rings. The summed E-state index contributed by atoms with van der Waals surface area (Å²) in [5, 5.41) is 0. The van der Waals surface area contributed by atoms with Gasteiger partial charge in [0.25, 0.3) is 0 Å². The van der Waals surface area contributed by atoms with Crippen LogP contribution in [0.2, 0.25) is 0 Å². The molecule has 0 aromatic heterocycles. The Labute approximate surface area is 204 Å². The minimum Gasteiger partial charge on any atom is -0.494 e. The van der Waals surface area contributed by atoms with E-state index in [2.05, 4.69) is 32.0 Å². The fraction of sp³-hybridized carbons (Fsp3) is 0.806. The van der Waals surface area contributed by atoms with Crippen molar-refractivity contribution in [3.63, 3.8) is 0 Å². The van der Waals surface area contributed by atoms with E-state index in [0.29, 0.717) is 6.10 Å². The average Bonchev–Trinajstić information content (AvgIpc) is 2.86. The van der Waals surface area contributed by atoms with Crippen molar-refractivity contribution < 1.29 is 9.47 Å². The standard InChI is InChI=1S/C31H50O2/c1-3-5-7-9-19-33-31-17-15-27-21-25(11-13-29(27)23-31)24-10-12-28-22-30(16-14-26(28)20-24)32-18-8-6-4-2/h14,16,22,24-25,27,29,31H,3-13,15,17-21,23H2,1-2H3/t24?,25?,27-,29?,31-/m1/s1. The zero-order valence-electron chi connectivity index (χ0n) is 21.7. The summed E-state index contributed by atoms with van der Waals surface area (Å²) >= 11 is 0. The number of hydrogen-bond acceptors (Lipinski definition) is 2. The van der Waals surface area contributed by atoms with Crippen LogP contribution in [0.25, 0.3) is 0 Å². The van der Waals surface area contributed by atoms with Crippen LogP contribution in [-0.4, -0.2) is 19.3 Å². The van der Waals surface area contributed by atoms with Crippen molar-refractivity contribution in [2.45, 2.75) is 123 Å². The molecule has 33 heavy (non-hydrogen) atoms. The molecular formula is C31H50O2. The normalized spacial score (nSPS) is 29.3. The highest BCUT2D eigenvalue weighted by atomic mass is 16.5. The lowest BCUT2D eigenvalue weighted by atomic mass is 9.62. The summed E-state index contributed by atoms with van der Waals surface area (Å²) in [4.78, 5) is 0. The SMILES string of the molecule is CCCCCCO[C@@H]1CC[C@@H]2CC(C3CCc4cc(OCCCCC)ccc4C3)CCC2C1. The van der Waals surface area contributed by atoms with Gasteiger partial charge in [0, 0.05) is 6.61 Å². The van der Waals surface area contributed by atoms with Crippen molar-refractivity contribution >= 4 is 0 Å². The second-order valence-corrected chi connectivity index (χ2v) is 11.4. The van der Waals surface area contributed by atoms with Gasteiger partial charge in [0.2, 0.25) is 0 Å². The fourth-order valence-electron chi connectivity index (χ4n) is 7.03. The molecule has 0 spiro atoms. The second kappa shape index (κ2) is 13.2. The molecule has 5 atom stereocenters. The van der Waals surface area contributed by atoms with Crippen molar-refractivity contribution in [1.82, 2.24) is 0 Å². The van der Waals surface area contributed by atoms with Crippen LogP contribution in [0.1, 0.15) is 115 Å². The molecule has 0 N–H and O–H groups in total. The number of rotatable bonds is 12. The maximum absolute atomic E-state index is 6.30. The number of benzene rings is 1. The average molecular weight is 455 g/mol. The number of hydrogen-bond donors (Lipinski definition) is 0. The van der Waals surface area contributed by atoms with Crippen LogP contribution in [-0.2, 0) is 17.6 Å². The first-order chi connectivity index (χ1) is 16.3. The van der Waals surface area contributed by atoms with Crippen molar-refractivity contribution in [3.8, 4) is 5.75 Å². The molecule has 3 aliphatic rings. The highest BCUT2D eigenvalue weighted by Gasteiger charge is 2.38. The molecule has 2 nitrogen and oxygen atoms in total. The smallest absolute Gasteiger partial charge is 0.119 e. The molecule has 0 saturated heterocycles. The zero-order valence-corrected chi connectivity index (χ0v) is 21.7. The fourth-order valence-corrected chi connectivity index (χ4v) is 7.03. The Morgan fingerprint density at radius 1 is 0.697 bits per heavy atom. The van der Waals surface area contributed by atoms with Crippen molar-refractivity contribution in [2.24, 2.45) is 23.7 Å². The van der Waals surface area contributed by atoms with E-state index >= 15 is 0 Å². The first-order valence-electron chi connectivity index (χ1n) is 14.6. The maximum atomic E-state index is 6.30. The molecular weight excluding hydrogens is 404 g/mol. The van der Waals surface area contributed by atoms with Gasteiger partial charge in [-0.2, -0.15) is 0 Å². The van der Waals surface area contributed by atoms with Gasteiger partial charge in [-0.15, -0.1) is 0 Å². The number of unbranched alkanes of at least 4 members (excludes halogenated alkanes) is 5. The summed E-state index contributed by atoms with van der Waals surface area (Å²) in [6, 6.07) is 6.96. The Balaban J connectivity index is 1.21. The predicted molar refractivity (Wildman–Crippen MR) is 139 cm³/mol. The molecule has 1 aromatic carbocycles. The molecule has 0 aliphatic heterocycles. The second-order valence-electron chi connectivity index (χ2n) is 11.4. The molecule has 0 heterocycles. The lowest BCUT2D eigenvalue weighted by Gasteiger charge is -2.45. The Kier molecular flexibility index (Phi) is 10.0. The van der Waals surface area contributed by atoms with Crippen LogP contribution in [0.15, 0.2) is 18.2 Å². The first-order valence-corrected chi connectivity index (χ1v) is 14.6. The van der Waals surface area contributed by atoms with Crippen molar-refractivity contribution in [1.29, 1.82) is 0 Å². The molecule has 186 valence electrons. The minimum atomic E-state index is 0.560. The van der Waals surface area contributed by atoms with Crippen molar-refractivity contribution in [2.75, 3.05) is 13.2 Å². The van der Waals surface area contributed by atoms with E-state index < -0.39 is 0 Å². The van der Waals surface area contributed by atoms with Gasteiger partial charge in [-0.3, -0.25) is 0 Å². The van der Waals surface area contributed by atoms with Gasteiger partial charge in [0.1, 0.15) is 5.75 Å². The maximum Gasteiger partial charge on any atom is 0.119 e. The van der Waals surface area contributed by atoms with Crippen LogP contribution < -0.4 is 4.74 Å². The van der Waals surface area contributed by atoms with Gasteiger partial charge in [-0.1, -0.05) is 52.0 Å². The minimum absolute atomic E-state index is 0.560. The van der Waals surface area contributed by atoms with Gasteiger partial charge < -0.3 is 9.47 Å². The molecule has 1 aromatic rings. The van der Waals surface area contributed by atoms with Crippen LogP contribution in [0.5, 0.6) is 5.75 Å². The van der Waals surface area contributed by atoms with Gasteiger partial charge in [-0.25, -0.2) is 0 Å². The largest absolute Gasteiger partial charge is 0.494 e. The topological polar surface area (TPSA) is 18.5 Å². The van der Waals surface area contributed by atoms with Crippen LogP contribution in [0, 0.1) is 23.7 Å². The van der Waals surface area contributed by atoms with Crippen LogP contribution >= 0.6 is 0 Å². The third-order valence-corrected chi connectivity index (χ3v) is 9.08. The lowest BCUT2D eigenvalue weighted by molar-refractivity contribution is -0.0250. The summed E-state index contributed by atoms with van der Waals surface area (Å²) in [7, 11) is 0. The van der Waals surface area contributed by atoms with Gasteiger partial charge in [-0.05, 0) is 118 Å². The van der Waals surface area contributed by atoms with E-state index in [1.165, 1.54) is 103 Å².